The summed E-state index contributed by atoms with van der Waals surface area (Å²) in [6, 6.07) is 12.2. The molecule has 13 nitrogen and oxygen atoms in total. The molecule has 4 rings (SSSR count). The second-order valence-corrected chi connectivity index (χ2v) is 6.82. The summed E-state index contributed by atoms with van der Waals surface area (Å²) in [5, 5.41) is 31.7. The quantitative estimate of drug-likeness (QED) is 0.367. The van der Waals surface area contributed by atoms with Gasteiger partial charge in [-0.05, 0) is 12.1 Å². The molecule has 1 fully saturated rings. The number of hydrogen-bond donors (Lipinski definition) is 3. The molecule has 0 atom stereocenters. The Morgan fingerprint density at radius 3 is 1.72 bits per heavy atom. The van der Waals surface area contributed by atoms with Crippen LogP contribution in [0.1, 0.15) is 0 Å². The van der Waals surface area contributed by atoms with Crippen LogP contribution >= 0.6 is 0 Å². The van der Waals surface area contributed by atoms with Crippen LogP contribution in [-0.4, -0.2) is 51.0 Å². The first-order valence-corrected chi connectivity index (χ1v) is 9.74. The highest BCUT2D eigenvalue weighted by Gasteiger charge is 2.20. The zero-order valence-corrected chi connectivity index (χ0v) is 16.8. The van der Waals surface area contributed by atoms with Crippen molar-refractivity contribution in [2.45, 2.75) is 0 Å². The minimum absolute atomic E-state index is 0.0731. The van der Waals surface area contributed by atoms with Gasteiger partial charge in [-0.25, -0.2) is 0 Å². The van der Waals surface area contributed by atoms with E-state index in [1.54, 1.807) is 36.4 Å². The van der Waals surface area contributed by atoms with Crippen LogP contribution in [0.15, 0.2) is 48.5 Å². The Morgan fingerprint density at radius 1 is 0.781 bits per heavy atom. The third-order valence-electron chi connectivity index (χ3n) is 4.72. The first-order valence-electron chi connectivity index (χ1n) is 9.74. The van der Waals surface area contributed by atoms with E-state index in [1.807, 2.05) is 4.90 Å². The highest BCUT2D eigenvalue weighted by Crippen LogP contribution is 2.29. The highest BCUT2D eigenvalue weighted by atomic mass is 16.6. The van der Waals surface area contributed by atoms with E-state index in [9.17, 15) is 20.2 Å². The molecule has 0 saturated carbocycles. The lowest BCUT2D eigenvalue weighted by Gasteiger charge is -2.27. The third-order valence-corrected chi connectivity index (χ3v) is 4.72. The van der Waals surface area contributed by atoms with Gasteiger partial charge in [-0.15, -0.1) is 0 Å². The summed E-state index contributed by atoms with van der Waals surface area (Å²) in [4.78, 5) is 36.8. The number of piperazine rings is 1. The molecule has 0 bridgehead atoms. The molecule has 0 aliphatic carbocycles. The lowest BCUT2D eigenvalue weighted by molar-refractivity contribution is -0.384. The van der Waals surface area contributed by atoms with Gasteiger partial charge in [-0.1, -0.05) is 24.3 Å². The van der Waals surface area contributed by atoms with Gasteiger partial charge in [-0.3, -0.25) is 20.2 Å². The number of nitro groups is 2. The van der Waals surface area contributed by atoms with Gasteiger partial charge in [0, 0.05) is 38.3 Å². The van der Waals surface area contributed by atoms with Crippen LogP contribution < -0.4 is 20.9 Å². The zero-order chi connectivity index (χ0) is 22.5. The van der Waals surface area contributed by atoms with Gasteiger partial charge in [0.15, 0.2) is 0 Å². The van der Waals surface area contributed by atoms with Gasteiger partial charge in [0.1, 0.15) is 11.4 Å². The number of rotatable bonds is 7. The Balaban J connectivity index is 1.72. The first kappa shape index (κ1) is 20.9. The predicted molar refractivity (Wildman–Crippen MR) is 118 cm³/mol. The molecular weight excluding hydrogens is 418 g/mol. The van der Waals surface area contributed by atoms with Crippen LogP contribution in [0.4, 0.5) is 40.6 Å². The molecule has 164 valence electrons. The van der Waals surface area contributed by atoms with E-state index in [4.69, 9.17) is 0 Å². The summed E-state index contributed by atoms with van der Waals surface area (Å²) in [5.74, 6) is 0.497. The molecule has 0 radical (unpaired) electrons. The summed E-state index contributed by atoms with van der Waals surface area (Å²) < 4.78 is 0. The average Bonchev–Trinajstić information content (AvgIpc) is 2.80. The maximum absolute atomic E-state index is 11.4. The summed E-state index contributed by atoms with van der Waals surface area (Å²) in [6.07, 6.45) is 0. The van der Waals surface area contributed by atoms with Crippen LogP contribution in [0.5, 0.6) is 0 Å². The van der Waals surface area contributed by atoms with E-state index in [0.717, 1.165) is 13.1 Å². The Kier molecular flexibility index (Phi) is 5.98. The van der Waals surface area contributed by atoms with E-state index in [1.165, 1.54) is 12.1 Å². The lowest BCUT2D eigenvalue weighted by atomic mass is 10.2. The van der Waals surface area contributed by atoms with Crippen molar-refractivity contribution >= 4 is 40.6 Å². The molecule has 3 aromatic rings. The third kappa shape index (κ3) is 4.67. The maximum Gasteiger partial charge on any atom is 0.292 e. The molecule has 32 heavy (non-hydrogen) atoms. The van der Waals surface area contributed by atoms with Crippen molar-refractivity contribution in [2.75, 3.05) is 41.7 Å². The largest absolute Gasteiger partial charge is 0.338 e. The number of nitro benzene ring substituents is 2. The van der Waals surface area contributed by atoms with Gasteiger partial charge in [-0.2, -0.15) is 15.0 Å². The second-order valence-electron chi connectivity index (χ2n) is 6.82. The second kappa shape index (κ2) is 9.18. The number of anilines is 5. The first-order chi connectivity index (χ1) is 15.5. The number of benzene rings is 2. The fraction of sp³-hybridized carbons (Fsp3) is 0.211. The van der Waals surface area contributed by atoms with Gasteiger partial charge in [0.05, 0.1) is 9.85 Å². The smallest absolute Gasteiger partial charge is 0.292 e. The van der Waals surface area contributed by atoms with Crippen molar-refractivity contribution in [3.8, 4) is 0 Å². The van der Waals surface area contributed by atoms with E-state index >= 15 is 0 Å². The fourth-order valence-corrected chi connectivity index (χ4v) is 3.20. The average molecular weight is 437 g/mol. The highest BCUT2D eigenvalue weighted by molar-refractivity contribution is 5.69. The summed E-state index contributed by atoms with van der Waals surface area (Å²) in [6.45, 7) is 2.79. The molecule has 2 aromatic carbocycles. The van der Waals surface area contributed by atoms with Crippen molar-refractivity contribution in [3.63, 3.8) is 0 Å². The van der Waals surface area contributed by atoms with Crippen molar-refractivity contribution in [1.82, 2.24) is 20.3 Å². The molecule has 2 heterocycles. The Morgan fingerprint density at radius 2 is 1.25 bits per heavy atom. The summed E-state index contributed by atoms with van der Waals surface area (Å²) >= 11 is 0. The zero-order valence-electron chi connectivity index (χ0n) is 16.8. The monoisotopic (exact) mass is 437 g/mol. The Labute approximate surface area is 181 Å². The molecule has 1 aromatic heterocycles. The van der Waals surface area contributed by atoms with Gasteiger partial charge < -0.3 is 20.9 Å². The van der Waals surface area contributed by atoms with Gasteiger partial charge >= 0.3 is 0 Å². The number of aromatic nitrogens is 3. The van der Waals surface area contributed by atoms with E-state index in [2.05, 4.69) is 30.9 Å². The minimum Gasteiger partial charge on any atom is -0.338 e. The fourth-order valence-electron chi connectivity index (χ4n) is 3.20. The van der Waals surface area contributed by atoms with Crippen LogP contribution in [-0.2, 0) is 0 Å². The Bertz CT molecular complexity index is 1070. The van der Waals surface area contributed by atoms with E-state index in [0.29, 0.717) is 19.0 Å². The lowest BCUT2D eigenvalue weighted by Crippen LogP contribution is -2.44. The van der Waals surface area contributed by atoms with Crippen LogP contribution in [0.25, 0.3) is 0 Å². The number of para-hydroxylation sites is 4. The summed E-state index contributed by atoms with van der Waals surface area (Å²) in [7, 11) is 0. The topological polar surface area (TPSA) is 164 Å². The molecule has 0 unspecified atom stereocenters. The standard InChI is InChI=1S/C19H19N9O4/c29-27(30)15-7-3-1-5-13(15)21-17-23-18(22-14-6-2-4-8-16(14)28(31)32)25-19(24-17)26-11-9-20-10-12-26/h1-8,20H,9-12H2,(H2,21,22,23,24,25). The molecular formula is C19H19N9O4. The molecule has 0 spiro atoms. The molecule has 13 heteroatoms. The number of nitrogens with zero attached hydrogens (tertiary/aromatic N) is 6. The molecule has 3 N–H and O–H groups in total. The predicted octanol–water partition coefficient (Wildman–Crippen LogP) is 2.58. The number of nitrogens with one attached hydrogen (secondary N) is 3. The summed E-state index contributed by atoms with van der Waals surface area (Å²) in [5.41, 5.74) is 0.160. The molecule has 1 aliphatic rings. The number of hydrogen-bond acceptors (Lipinski definition) is 11. The molecule has 1 aliphatic heterocycles. The molecule has 1 saturated heterocycles. The normalized spacial score (nSPS) is 13.4. The van der Waals surface area contributed by atoms with Crippen molar-refractivity contribution in [2.24, 2.45) is 0 Å². The van der Waals surface area contributed by atoms with Crippen molar-refractivity contribution in [1.29, 1.82) is 0 Å². The van der Waals surface area contributed by atoms with E-state index in [-0.39, 0.29) is 34.6 Å². The van der Waals surface area contributed by atoms with Gasteiger partial charge in [0.2, 0.25) is 17.8 Å². The minimum atomic E-state index is -0.507. The SMILES string of the molecule is O=[N+]([O-])c1ccccc1Nc1nc(Nc2ccccc2[N+](=O)[O-])nc(N2CCNCC2)n1. The van der Waals surface area contributed by atoms with Crippen LogP contribution in [0.2, 0.25) is 0 Å². The van der Waals surface area contributed by atoms with E-state index < -0.39 is 9.85 Å². The van der Waals surface area contributed by atoms with Crippen molar-refractivity contribution in [3.05, 3.63) is 68.8 Å². The van der Waals surface area contributed by atoms with Crippen LogP contribution in [0.3, 0.4) is 0 Å². The van der Waals surface area contributed by atoms with Gasteiger partial charge in [0.25, 0.3) is 11.4 Å². The Hall–Kier alpha value is -4.39. The molecule has 0 amide bonds. The van der Waals surface area contributed by atoms with Crippen molar-refractivity contribution < 1.29 is 9.85 Å². The van der Waals surface area contributed by atoms with Crippen LogP contribution in [0, 0.1) is 20.2 Å². The maximum atomic E-state index is 11.4.